The Bertz CT molecular complexity index is 1000. The maximum Gasteiger partial charge on any atom is 0.239 e. The number of hydrogen-bond acceptors (Lipinski definition) is 7. The molecule has 3 aromatic rings. The first-order valence-corrected chi connectivity index (χ1v) is 10.3. The molecule has 3 rings (SSSR count). The predicted molar refractivity (Wildman–Crippen MR) is 99.3 cm³/mol. The Morgan fingerprint density at radius 2 is 1.92 bits per heavy atom. The standard InChI is InChI=1S/C16H15N5O3S2/c1-26(23,24)21-15(12-6-5-9-17-10-12)19-20-16(21)25-11-14(22)18-13-7-3-2-4-8-13/h2-10H,11H2,1H3,(H,18,22). The largest absolute Gasteiger partial charge is 0.325 e. The molecule has 0 bridgehead atoms. The van der Waals surface area contributed by atoms with Crippen LogP contribution in [0.1, 0.15) is 0 Å². The van der Waals surface area contributed by atoms with Crippen molar-refractivity contribution >= 4 is 33.4 Å². The first-order valence-electron chi connectivity index (χ1n) is 7.49. The number of carbonyl (C=O) groups is 1. The molecule has 0 radical (unpaired) electrons. The van der Waals surface area contributed by atoms with Crippen LogP contribution in [0.5, 0.6) is 0 Å². The lowest BCUT2D eigenvalue weighted by Gasteiger charge is -2.08. The summed E-state index contributed by atoms with van der Waals surface area (Å²) in [5.41, 5.74) is 1.18. The topological polar surface area (TPSA) is 107 Å². The Kier molecular flexibility index (Phi) is 5.33. The van der Waals surface area contributed by atoms with Gasteiger partial charge in [-0.1, -0.05) is 30.0 Å². The summed E-state index contributed by atoms with van der Waals surface area (Å²) in [6.45, 7) is 0. The number of nitrogens with zero attached hydrogens (tertiary/aromatic N) is 4. The van der Waals surface area contributed by atoms with Gasteiger partial charge in [0.05, 0.1) is 12.0 Å². The van der Waals surface area contributed by atoms with Crippen molar-refractivity contribution in [3.8, 4) is 11.4 Å². The van der Waals surface area contributed by atoms with Gasteiger partial charge in [-0.2, -0.15) is 3.97 Å². The zero-order chi connectivity index (χ0) is 18.6. The van der Waals surface area contributed by atoms with Crippen LogP contribution in [0.2, 0.25) is 0 Å². The van der Waals surface area contributed by atoms with E-state index in [-0.39, 0.29) is 22.6 Å². The number of nitrogens with one attached hydrogen (secondary N) is 1. The molecular formula is C16H15N5O3S2. The van der Waals surface area contributed by atoms with Crippen LogP contribution >= 0.6 is 11.8 Å². The highest BCUT2D eigenvalue weighted by Crippen LogP contribution is 2.25. The van der Waals surface area contributed by atoms with E-state index in [4.69, 9.17) is 0 Å². The number of anilines is 1. The zero-order valence-corrected chi connectivity index (χ0v) is 15.4. The van der Waals surface area contributed by atoms with E-state index in [1.807, 2.05) is 18.2 Å². The molecule has 0 fully saturated rings. The Balaban J connectivity index is 1.80. The highest BCUT2D eigenvalue weighted by Gasteiger charge is 2.22. The quantitative estimate of drug-likeness (QED) is 0.641. The fourth-order valence-electron chi connectivity index (χ4n) is 2.17. The number of pyridine rings is 1. The fourth-order valence-corrected chi connectivity index (χ4v) is 4.14. The molecule has 134 valence electrons. The van der Waals surface area contributed by atoms with Crippen molar-refractivity contribution in [2.24, 2.45) is 0 Å². The third-order valence-corrected chi connectivity index (χ3v) is 5.29. The van der Waals surface area contributed by atoms with Crippen molar-refractivity contribution in [3.63, 3.8) is 0 Å². The lowest BCUT2D eigenvalue weighted by Crippen LogP contribution is -2.16. The van der Waals surface area contributed by atoms with Crippen LogP contribution in [0.15, 0.2) is 60.0 Å². The molecule has 1 N–H and O–H groups in total. The van der Waals surface area contributed by atoms with Crippen LogP contribution < -0.4 is 5.32 Å². The zero-order valence-electron chi connectivity index (χ0n) is 13.7. The smallest absolute Gasteiger partial charge is 0.239 e. The van der Waals surface area contributed by atoms with Gasteiger partial charge in [-0.05, 0) is 24.3 Å². The van der Waals surface area contributed by atoms with Gasteiger partial charge >= 0.3 is 0 Å². The summed E-state index contributed by atoms with van der Waals surface area (Å²) in [5.74, 6) is -0.117. The molecular weight excluding hydrogens is 374 g/mol. The maximum absolute atomic E-state index is 12.2. The SMILES string of the molecule is CS(=O)(=O)n1c(SCC(=O)Nc2ccccc2)nnc1-c1cccnc1. The molecule has 1 aromatic carbocycles. The van der Waals surface area contributed by atoms with Gasteiger partial charge < -0.3 is 5.32 Å². The summed E-state index contributed by atoms with van der Waals surface area (Å²) >= 11 is 0.995. The molecule has 10 heteroatoms. The lowest BCUT2D eigenvalue weighted by atomic mass is 10.3. The third-order valence-electron chi connectivity index (χ3n) is 3.24. The van der Waals surface area contributed by atoms with Gasteiger partial charge in [-0.3, -0.25) is 9.78 Å². The van der Waals surface area contributed by atoms with Crippen LogP contribution in [0.25, 0.3) is 11.4 Å². The average Bonchev–Trinajstić information content (AvgIpc) is 3.06. The van der Waals surface area contributed by atoms with E-state index in [9.17, 15) is 13.2 Å². The summed E-state index contributed by atoms with van der Waals surface area (Å²) < 4.78 is 25.4. The van der Waals surface area contributed by atoms with Crippen molar-refractivity contribution < 1.29 is 13.2 Å². The minimum atomic E-state index is -3.66. The molecule has 26 heavy (non-hydrogen) atoms. The molecule has 0 atom stereocenters. The highest BCUT2D eigenvalue weighted by molar-refractivity contribution is 8.00. The van der Waals surface area contributed by atoms with Gasteiger partial charge in [0.25, 0.3) is 0 Å². The number of thioether (sulfide) groups is 1. The Morgan fingerprint density at radius 3 is 2.58 bits per heavy atom. The van der Waals surface area contributed by atoms with Gasteiger partial charge in [0, 0.05) is 23.6 Å². The summed E-state index contributed by atoms with van der Waals surface area (Å²) in [7, 11) is -3.66. The minimum absolute atomic E-state index is 0.00438. The normalized spacial score (nSPS) is 11.3. The Labute approximate surface area is 154 Å². The van der Waals surface area contributed by atoms with Gasteiger partial charge in [0.1, 0.15) is 0 Å². The van der Waals surface area contributed by atoms with Crippen molar-refractivity contribution in [2.45, 2.75) is 5.16 Å². The van der Waals surface area contributed by atoms with Crippen molar-refractivity contribution in [1.29, 1.82) is 0 Å². The van der Waals surface area contributed by atoms with E-state index in [2.05, 4.69) is 20.5 Å². The second-order valence-corrected chi connectivity index (χ2v) is 8.05. The number of hydrogen-bond donors (Lipinski definition) is 1. The van der Waals surface area contributed by atoms with Crippen LogP contribution in [-0.2, 0) is 14.8 Å². The molecule has 0 spiro atoms. The summed E-state index contributed by atoms with van der Waals surface area (Å²) in [6.07, 6.45) is 4.14. The Hall–Kier alpha value is -2.72. The van der Waals surface area contributed by atoms with Gasteiger partial charge in [-0.15, -0.1) is 10.2 Å². The molecule has 0 aliphatic carbocycles. The van der Waals surface area contributed by atoms with Crippen molar-refractivity contribution in [2.75, 3.05) is 17.3 Å². The maximum atomic E-state index is 12.2. The predicted octanol–water partition coefficient (Wildman–Crippen LogP) is 1.88. The van der Waals surface area contributed by atoms with E-state index >= 15 is 0 Å². The fraction of sp³-hybridized carbons (Fsp3) is 0.125. The van der Waals surface area contributed by atoms with Crippen LogP contribution in [-0.4, -0.2) is 45.5 Å². The number of amides is 1. The van der Waals surface area contributed by atoms with Gasteiger partial charge in [0.2, 0.25) is 21.1 Å². The number of para-hydroxylation sites is 1. The molecule has 8 nitrogen and oxygen atoms in total. The van der Waals surface area contributed by atoms with Crippen LogP contribution in [0, 0.1) is 0 Å². The first-order chi connectivity index (χ1) is 12.4. The number of carbonyl (C=O) groups excluding carboxylic acids is 1. The van der Waals surface area contributed by atoms with E-state index in [0.29, 0.717) is 11.3 Å². The third kappa shape index (κ3) is 4.27. The number of rotatable bonds is 6. The molecule has 0 aliphatic heterocycles. The van der Waals surface area contributed by atoms with E-state index in [1.54, 1.807) is 30.5 Å². The summed E-state index contributed by atoms with van der Waals surface area (Å²) in [4.78, 5) is 16.0. The molecule has 0 unspecified atom stereocenters. The number of aromatic nitrogens is 4. The molecule has 1 amide bonds. The van der Waals surface area contributed by atoms with Crippen molar-refractivity contribution in [3.05, 3.63) is 54.9 Å². The van der Waals surface area contributed by atoms with Crippen molar-refractivity contribution in [1.82, 2.24) is 19.2 Å². The minimum Gasteiger partial charge on any atom is -0.325 e. The van der Waals surface area contributed by atoms with Crippen LogP contribution in [0.4, 0.5) is 5.69 Å². The van der Waals surface area contributed by atoms with E-state index in [0.717, 1.165) is 22.0 Å². The molecule has 0 aliphatic rings. The monoisotopic (exact) mass is 389 g/mol. The summed E-state index contributed by atoms with van der Waals surface area (Å²) in [6, 6.07) is 12.4. The Morgan fingerprint density at radius 1 is 1.15 bits per heavy atom. The summed E-state index contributed by atoms with van der Waals surface area (Å²) in [5, 5.41) is 10.7. The van der Waals surface area contributed by atoms with Gasteiger partial charge in [-0.25, -0.2) is 8.42 Å². The number of benzene rings is 1. The molecule has 0 saturated heterocycles. The molecule has 2 aromatic heterocycles. The van der Waals surface area contributed by atoms with Crippen LogP contribution in [0.3, 0.4) is 0 Å². The van der Waals surface area contributed by atoms with Gasteiger partial charge in [0.15, 0.2) is 5.82 Å². The first kappa shape index (κ1) is 18.1. The average molecular weight is 389 g/mol. The van der Waals surface area contributed by atoms with E-state index in [1.165, 1.54) is 6.20 Å². The van der Waals surface area contributed by atoms with E-state index < -0.39 is 10.0 Å². The molecule has 2 heterocycles. The highest BCUT2D eigenvalue weighted by atomic mass is 32.2. The molecule has 0 saturated carbocycles. The second kappa shape index (κ2) is 7.67. The lowest BCUT2D eigenvalue weighted by molar-refractivity contribution is -0.113. The second-order valence-electron chi connectivity index (χ2n) is 5.28.